The lowest BCUT2D eigenvalue weighted by molar-refractivity contribution is 0.461. The zero-order chi connectivity index (χ0) is 13.9. The van der Waals surface area contributed by atoms with Gasteiger partial charge < -0.3 is 5.73 Å². The van der Waals surface area contributed by atoms with Gasteiger partial charge in [0.15, 0.2) is 0 Å². The molecular formula is C16H17ClFN. The summed E-state index contributed by atoms with van der Waals surface area (Å²) in [6.07, 6.45) is 1.26. The van der Waals surface area contributed by atoms with Gasteiger partial charge in [-0.25, -0.2) is 4.39 Å². The van der Waals surface area contributed by atoms with Gasteiger partial charge in [0, 0.05) is 5.54 Å². The van der Waals surface area contributed by atoms with Crippen molar-refractivity contribution in [2.45, 2.75) is 25.3 Å². The van der Waals surface area contributed by atoms with Crippen LogP contribution in [0.1, 0.15) is 18.1 Å². The molecule has 1 nitrogen and oxygen atoms in total. The molecule has 0 aliphatic heterocycles. The van der Waals surface area contributed by atoms with Gasteiger partial charge in [0.2, 0.25) is 0 Å². The van der Waals surface area contributed by atoms with Gasteiger partial charge in [-0.15, -0.1) is 0 Å². The predicted molar refractivity (Wildman–Crippen MR) is 77.9 cm³/mol. The van der Waals surface area contributed by atoms with Gasteiger partial charge in [0.1, 0.15) is 5.82 Å². The number of hydrogen-bond acceptors (Lipinski definition) is 1. The lowest BCUT2D eigenvalue weighted by Gasteiger charge is -2.25. The molecule has 0 saturated carbocycles. The third-order valence-electron chi connectivity index (χ3n) is 3.08. The van der Waals surface area contributed by atoms with Crippen LogP contribution in [0, 0.1) is 5.82 Å². The average Bonchev–Trinajstić information content (AvgIpc) is 2.35. The SMILES string of the molecule is CC(N)(Cc1ccccc1)Cc1cccc(F)c1Cl. The molecule has 0 aromatic heterocycles. The summed E-state index contributed by atoms with van der Waals surface area (Å²) in [6, 6.07) is 14.9. The van der Waals surface area contributed by atoms with Crippen molar-refractivity contribution in [3.63, 3.8) is 0 Å². The highest BCUT2D eigenvalue weighted by Gasteiger charge is 2.21. The first-order chi connectivity index (χ1) is 8.98. The maximum Gasteiger partial charge on any atom is 0.142 e. The minimum absolute atomic E-state index is 0.173. The minimum atomic E-state index is -0.460. The van der Waals surface area contributed by atoms with Crippen LogP contribution in [-0.4, -0.2) is 5.54 Å². The second kappa shape index (κ2) is 5.72. The summed E-state index contributed by atoms with van der Waals surface area (Å²) in [5.41, 5.74) is 7.78. The van der Waals surface area contributed by atoms with E-state index in [4.69, 9.17) is 17.3 Å². The second-order valence-electron chi connectivity index (χ2n) is 5.21. The quantitative estimate of drug-likeness (QED) is 0.899. The number of halogens is 2. The molecule has 1 atom stereocenters. The molecule has 0 spiro atoms. The van der Waals surface area contributed by atoms with E-state index in [9.17, 15) is 4.39 Å². The van der Waals surface area contributed by atoms with E-state index in [2.05, 4.69) is 0 Å². The van der Waals surface area contributed by atoms with Gasteiger partial charge >= 0.3 is 0 Å². The van der Waals surface area contributed by atoms with Crippen LogP contribution in [0.15, 0.2) is 48.5 Å². The van der Waals surface area contributed by atoms with E-state index in [1.807, 2.05) is 43.3 Å². The number of nitrogens with two attached hydrogens (primary N) is 1. The molecule has 2 aromatic carbocycles. The highest BCUT2D eigenvalue weighted by atomic mass is 35.5. The molecule has 2 aromatic rings. The lowest BCUT2D eigenvalue weighted by Crippen LogP contribution is -2.41. The fourth-order valence-electron chi connectivity index (χ4n) is 2.24. The molecule has 19 heavy (non-hydrogen) atoms. The Labute approximate surface area is 118 Å². The molecule has 2 rings (SSSR count). The summed E-state index contributed by atoms with van der Waals surface area (Å²) >= 11 is 5.97. The van der Waals surface area contributed by atoms with Crippen LogP contribution in [0.4, 0.5) is 4.39 Å². The van der Waals surface area contributed by atoms with Crippen LogP contribution >= 0.6 is 11.6 Å². The van der Waals surface area contributed by atoms with Crippen LogP contribution in [0.25, 0.3) is 0 Å². The average molecular weight is 278 g/mol. The van der Waals surface area contributed by atoms with Gasteiger partial charge in [0.05, 0.1) is 5.02 Å². The van der Waals surface area contributed by atoms with Gasteiger partial charge in [0.25, 0.3) is 0 Å². The number of benzene rings is 2. The van der Waals surface area contributed by atoms with Crippen molar-refractivity contribution in [1.82, 2.24) is 0 Å². The predicted octanol–water partition coefficient (Wildman–Crippen LogP) is 3.98. The molecule has 0 fully saturated rings. The summed E-state index contributed by atoms with van der Waals surface area (Å²) in [6.45, 7) is 1.96. The van der Waals surface area contributed by atoms with Crippen molar-refractivity contribution in [1.29, 1.82) is 0 Å². The first kappa shape index (κ1) is 14.0. The zero-order valence-electron chi connectivity index (χ0n) is 10.9. The minimum Gasteiger partial charge on any atom is -0.325 e. The summed E-state index contributed by atoms with van der Waals surface area (Å²) in [5, 5.41) is 0.173. The van der Waals surface area contributed by atoms with Gasteiger partial charge in [-0.1, -0.05) is 54.1 Å². The second-order valence-corrected chi connectivity index (χ2v) is 5.58. The van der Waals surface area contributed by atoms with Crippen LogP contribution in [0.5, 0.6) is 0 Å². The van der Waals surface area contributed by atoms with Crippen molar-refractivity contribution < 1.29 is 4.39 Å². The van der Waals surface area contributed by atoms with E-state index in [0.717, 1.165) is 12.0 Å². The Morgan fingerprint density at radius 3 is 2.42 bits per heavy atom. The highest BCUT2D eigenvalue weighted by molar-refractivity contribution is 6.31. The summed E-state index contributed by atoms with van der Waals surface area (Å²) in [4.78, 5) is 0. The molecule has 2 N–H and O–H groups in total. The molecule has 0 aliphatic carbocycles. The van der Waals surface area contributed by atoms with Crippen molar-refractivity contribution in [2.75, 3.05) is 0 Å². The summed E-state index contributed by atoms with van der Waals surface area (Å²) < 4.78 is 13.4. The summed E-state index contributed by atoms with van der Waals surface area (Å²) in [7, 11) is 0. The Morgan fingerprint density at radius 1 is 1.05 bits per heavy atom. The topological polar surface area (TPSA) is 26.0 Å². The van der Waals surface area contributed by atoms with Crippen molar-refractivity contribution in [2.24, 2.45) is 5.73 Å². The molecule has 0 heterocycles. The summed E-state index contributed by atoms with van der Waals surface area (Å²) in [5.74, 6) is -0.394. The molecule has 3 heteroatoms. The van der Waals surface area contributed by atoms with Crippen LogP contribution in [-0.2, 0) is 12.8 Å². The van der Waals surface area contributed by atoms with Gasteiger partial charge in [-0.3, -0.25) is 0 Å². The van der Waals surface area contributed by atoms with E-state index < -0.39 is 11.4 Å². The molecular weight excluding hydrogens is 261 g/mol. The van der Waals surface area contributed by atoms with Crippen molar-refractivity contribution >= 4 is 11.6 Å². The smallest absolute Gasteiger partial charge is 0.142 e. The Morgan fingerprint density at radius 2 is 1.74 bits per heavy atom. The Bertz CT molecular complexity index is 552. The maximum atomic E-state index is 13.4. The van der Waals surface area contributed by atoms with E-state index in [1.54, 1.807) is 6.07 Å². The van der Waals surface area contributed by atoms with E-state index in [0.29, 0.717) is 6.42 Å². The number of rotatable bonds is 4. The fraction of sp³-hybridized carbons (Fsp3) is 0.250. The third kappa shape index (κ3) is 3.79. The van der Waals surface area contributed by atoms with Crippen molar-refractivity contribution in [3.05, 3.63) is 70.5 Å². The monoisotopic (exact) mass is 277 g/mol. The molecule has 0 aliphatic rings. The van der Waals surface area contributed by atoms with E-state index in [-0.39, 0.29) is 5.02 Å². The third-order valence-corrected chi connectivity index (χ3v) is 3.50. The van der Waals surface area contributed by atoms with E-state index in [1.165, 1.54) is 11.6 Å². The van der Waals surface area contributed by atoms with Gasteiger partial charge in [-0.05, 0) is 37.0 Å². The lowest BCUT2D eigenvalue weighted by atomic mass is 9.87. The molecule has 0 amide bonds. The van der Waals surface area contributed by atoms with E-state index >= 15 is 0 Å². The number of hydrogen-bond donors (Lipinski definition) is 1. The zero-order valence-corrected chi connectivity index (χ0v) is 11.6. The standard InChI is InChI=1S/C16H17ClFN/c1-16(19,10-12-6-3-2-4-7-12)11-13-8-5-9-14(18)15(13)17/h2-9H,10-11,19H2,1H3. The van der Waals surface area contributed by atoms with Crippen molar-refractivity contribution in [3.8, 4) is 0 Å². The van der Waals surface area contributed by atoms with Gasteiger partial charge in [-0.2, -0.15) is 0 Å². The Balaban J connectivity index is 2.15. The Hall–Kier alpha value is -1.38. The molecule has 0 bridgehead atoms. The van der Waals surface area contributed by atoms with Crippen LogP contribution in [0.3, 0.4) is 0 Å². The largest absolute Gasteiger partial charge is 0.325 e. The molecule has 1 unspecified atom stereocenters. The maximum absolute atomic E-state index is 13.4. The molecule has 100 valence electrons. The first-order valence-electron chi connectivity index (χ1n) is 6.24. The fourth-order valence-corrected chi connectivity index (χ4v) is 2.44. The van der Waals surface area contributed by atoms with Crippen LogP contribution in [0.2, 0.25) is 5.02 Å². The van der Waals surface area contributed by atoms with Crippen LogP contribution < -0.4 is 5.73 Å². The Kier molecular flexibility index (Phi) is 4.23. The normalized spacial score (nSPS) is 14.1. The molecule has 0 saturated heterocycles. The first-order valence-corrected chi connectivity index (χ1v) is 6.61. The molecule has 0 radical (unpaired) electrons. The highest BCUT2D eigenvalue weighted by Crippen LogP contribution is 2.24.